The van der Waals surface area contributed by atoms with Crippen LogP contribution in [0.3, 0.4) is 0 Å². The molecule has 2 amide bonds. The van der Waals surface area contributed by atoms with Gasteiger partial charge in [0, 0.05) is 24.1 Å². The molecule has 1 atom stereocenters. The predicted molar refractivity (Wildman–Crippen MR) is 89.9 cm³/mol. The molecule has 0 saturated carbocycles. The molecule has 1 aromatic carbocycles. The van der Waals surface area contributed by atoms with Gasteiger partial charge in [-0.1, -0.05) is 11.8 Å². The Labute approximate surface area is 142 Å². The van der Waals surface area contributed by atoms with Crippen LogP contribution in [0, 0.1) is 5.82 Å². The molecule has 126 valence electrons. The van der Waals surface area contributed by atoms with Crippen molar-refractivity contribution in [3.8, 4) is 0 Å². The van der Waals surface area contributed by atoms with Gasteiger partial charge < -0.3 is 11.5 Å². The van der Waals surface area contributed by atoms with Crippen LogP contribution in [0.5, 0.6) is 0 Å². The number of amides is 2. The summed E-state index contributed by atoms with van der Waals surface area (Å²) in [6.45, 7) is 2.14. The number of nitrogens with two attached hydrogens (primary N) is 2. The fourth-order valence-corrected chi connectivity index (χ4v) is 3.82. The van der Waals surface area contributed by atoms with Crippen molar-refractivity contribution in [1.82, 2.24) is 4.90 Å². The molecule has 0 radical (unpaired) electrons. The van der Waals surface area contributed by atoms with E-state index in [1.807, 2.05) is 0 Å². The minimum atomic E-state index is -1.15. The van der Waals surface area contributed by atoms with Crippen LogP contribution >= 0.6 is 11.8 Å². The summed E-state index contributed by atoms with van der Waals surface area (Å²) in [7, 11) is 0. The number of hydrogen-bond donors (Lipinski definition) is 2. The van der Waals surface area contributed by atoms with Crippen LogP contribution < -0.4 is 11.5 Å². The monoisotopic (exact) mass is 349 g/mol. The summed E-state index contributed by atoms with van der Waals surface area (Å²) in [6.07, 6.45) is 0.945. The Bertz CT molecular complexity index is 794. The maximum atomic E-state index is 14.4. The van der Waals surface area contributed by atoms with Crippen LogP contribution in [0.4, 0.5) is 4.39 Å². The molecule has 2 aliphatic heterocycles. The van der Waals surface area contributed by atoms with Gasteiger partial charge in [0.2, 0.25) is 17.8 Å². The highest BCUT2D eigenvalue weighted by molar-refractivity contribution is 8.14. The molecule has 2 aliphatic rings. The lowest BCUT2D eigenvalue weighted by Crippen LogP contribution is -2.49. The molecule has 1 aromatic rings. The highest BCUT2D eigenvalue weighted by Crippen LogP contribution is 2.43. The highest BCUT2D eigenvalue weighted by Gasteiger charge is 2.41. The number of rotatable bonds is 2. The van der Waals surface area contributed by atoms with E-state index in [0.29, 0.717) is 24.6 Å². The molecule has 7 nitrogen and oxygen atoms in total. The molecular weight excluding hydrogens is 333 g/mol. The van der Waals surface area contributed by atoms with Crippen molar-refractivity contribution in [2.24, 2.45) is 21.5 Å². The van der Waals surface area contributed by atoms with Gasteiger partial charge in [0.15, 0.2) is 5.17 Å². The van der Waals surface area contributed by atoms with Crippen molar-refractivity contribution < 1.29 is 14.0 Å². The van der Waals surface area contributed by atoms with Gasteiger partial charge in [0.1, 0.15) is 10.7 Å². The van der Waals surface area contributed by atoms with E-state index in [2.05, 4.69) is 9.98 Å². The Morgan fingerprint density at radius 3 is 2.92 bits per heavy atom. The standard InChI is InChI=1S/C15H16FN5O2S/c1-15(9-7-8(12(17)23)4-5-10(9)16)20-13(18)21-11(22)3-2-6-19-14(21)24-15/h4-5,7H,2-3,6H2,1H3,(H2,17,23)(H2,18,20)/t15-/m1/s1. The van der Waals surface area contributed by atoms with Gasteiger partial charge in [0.25, 0.3) is 0 Å². The fourth-order valence-electron chi connectivity index (χ4n) is 2.62. The lowest BCUT2D eigenvalue weighted by molar-refractivity contribution is -0.124. The minimum Gasteiger partial charge on any atom is -0.369 e. The molecule has 0 fully saturated rings. The third-order valence-electron chi connectivity index (χ3n) is 3.83. The topological polar surface area (TPSA) is 114 Å². The summed E-state index contributed by atoms with van der Waals surface area (Å²) < 4.78 is 14.4. The highest BCUT2D eigenvalue weighted by atomic mass is 32.2. The van der Waals surface area contributed by atoms with Gasteiger partial charge >= 0.3 is 0 Å². The summed E-state index contributed by atoms with van der Waals surface area (Å²) in [4.78, 5) is 32.3. The minimum absolute atomic E-state index is 0.0363. The first-order valence-corrected chi connectivity index (χ1v) is 8.15. The summed E-state index contributed by atoms with van der Waals surface area (Å²) in [5, 5.41) is 0.386. The number of hydrogen-bond acceptors (Lipinski definition) is 6. The normalized spacial score (nSPS) is 23.9. The Kier molecular flexibility index (Phi) is 4.04. The quantitative estimate of drug-likeness (QED) is 0.833. The maximum Gasteiger partial charge on any atom is 0.248 e. The van der Waals surface area contributed by atoms with E-state index in [-0.39, 0.29) is 23.0 Å². The van der Waals surface area contributed by atoms with E-state index in [0.717, 1.165) is 11.8 Å². The number of carbonyl (C=O) groups excluding carboxylic acids is 2. The second-order valence-electron chi connectivity index (χ2n) is 5.61. The Hall–Kier alpha value is -2.42. The van der Waals surface area contributed by atoms with Crippen LogP contribution in [0.25, 0.3) is 0 Å². The van der Waals surface area contributed by atoms with Crippen molar-refractivity contribution >= 4 is 34.7 Å². The van der Waals surface area contributed by atoms with Gasteiger partial charge in [-0.05, 0) is 31.5 Å². The van der Waals surface area contributed by atoms with Crippen LogP contribution in [0.1, 0.15) is 35.7 Å². The molecule has 0 spiro atoms. The number of benzene rings is 1. The molecule has 0 bridgehead atoms. The molecule has 4 N–H and O–H groups in total. The lowest BCUT2D eigenvalue weighted by atomic mass is 10.0. The van der Waals surface area contributed by atoms with Gasteiger partial charge in [-0.15, -0.1) is 0 Å². The van der Waals surface area contributed by atoms with Crippen LogP contribution in [-0.2, 0) is 9.67 Å². The molecule has 0 saturated heterocycles. The number of nitrogens with zero attached hydrogens (tertiary/aromatic N) is 3. The number of primary amides is 1. The fraction of sp³-hybridized carbons (Fsp3) is 0.333. The Morgan fingerprint density at radius 1 is 1.46 bits per heavy atom. The number of amidine groups is 1. The number of halogens is 1. The number of fused-ring (bicyclic) bond motifs is 1. The number of carbonyl (C=O) groups is 2. The zero-order valence-electron chi connectivity index (χ0n) is 13.0. The van der Waals surface area contributed by atoms with Crippen molar-refractivity contribution in [3.63, 3.8) is 0 Å². The lowest BCUT2D eigenvalue weighted by Gasteiger charge is -2.35. The smallest absolute Gasteiger partial charge is 0.248 e. The predicted octanol–water partition coefficient (Wildman–Crippen LogP) is 1.14. The summed E-state index contributed by atoms with van der Waals surface area (Å²) >= 11 is 1.12. The Morgan fingerprint density at radius 2 is 2.21 bits per heavy atom. The third kappa shape index (κ3) is 2.75. The van der Waals surface area contributed by atoms with Gasteiger partial charge in [0.05, 0.1) is 0 Å². The van der Waals surface area contributed by atoms with Gasteiger partial charge in [-0.2, -0.15) is 0 Å². The zero-order valence-corrected chi connectivity index (χ0v) is 13.8. The number of guanidine groups is 1. The van der Waals surface area contributed by atoms with Gasteiger partial charge in [-0.25, -0.2) is 14.3 Å². The summed E-state index contributed by atoms with van der Waals surface area (Å²) in [6, 6.07) is 3.83. The van der Waals surface area contributed by atoms with E-state index < -0.39 is 16.6 Å². The van der Waals surface area contributed by atoms with Gasteiger partial charge in [-0.3, -0.25) is 14.6 Å². The van der Waals surface area contributed by atoms with Crippen LogP contribution in [0.2, 0.25) is 0 Å². The molecular formula is C15H16FN5O2S. The molecule has 0 aliphatic carbocycles. The SMILES string of the molecule is C[C@@]1(c2cc(C(N)=O)ccc2F)N=C(N)N2C(=O)CCCN=C2S1. The first kappa shape index (κ1) is 16.4. The average molecular weight is 349 g/mol. The van der Waals surface area contributed by atoms with Crippen molar-refractivity contribution in [3.05, 3.63) is 35.1 Å². The molecule has 24 heavy (non-hydrogen) atoms. The largest absolute Gasteiger partial charge is 0.369 e. The third-order valence-corrected chi connectivity index (χ3v) is 5.04. The molecule has 3 rings (SSSR count). The second kappa shape index (κ2) is 5.90. The number of thioether (sulfide) groups is 1. The first-order chi connectivity index (χ1) is 11.3. The van der Waals surface area contributed by atoms with E-state index in [1.165, 1.54) is 23.1 Å². The first-order valence-electron chi connectivity index (χ1n) is 7.33. The number of aliphatic imine (C=N–C) groups is 2. The molecule has 2 heterocycles. The zero-order chi connectivity index (χ0) is 17.5. The van der Waals surface area contributed by atoms with E-state index in [9.17, 15) is 14.0 Å². The van der Waals surface area contributed by atoms with E-state index in [1.54, 1.807) is 6.92 Å². The van der Waals surface area contributed by atoms with Crippen LogP contribution in [-0.4, -0.2) is 34.4 Å². The van der Waals surface area contributed by atoms with Crippen LogP contribution in [0.15, 0.2) is 28.2 Å². The van der Waals surface area contributed by atoms with Crippen molar-refractivity contribution in [2.45, 2.75) is 24.6 Å². The summed E-state index contributed by atoms with van der Waals surface area (Å²) in [5.41, 5.74) is 11.6. The summed E-state index contributed by atoms with van der Waals surface area (Å²) in [5.74, 6) is -1.43. The Balaban J connectivity index is 2.11. The van der Waals surface area contributed by atoms with E-state index >= 15 is 0 Å². The average Bonchev–Trinajstić information content (AvgIpc) is 2.68. The van der Waals surface area contributed by atoms with Crippen molar-refractivity contribution in [1.29, 1.82) is 0 Å². The molecule has 9 heteroatoms. The maximum absolute atomic E-state index is 14.4. The van der Waals surface area contributed by atoms with E-state index in [4.69, 9.17) is 11.5 Å². The second-order valence-corrected chi connectivity index (χ2v) is 6.98. The molecule has 0 unspecified atom stereocenters. The van der Waals surface area contributed by atoms with Crippen molar-refractivity contribution in [2.75, 3.05) is 6.54 Å². The molecule has 0 aromatic heterocycles.